The second-order valence-electron chi connectivity index (χ2n) is 5.29. The molecule has 2 amide bonds. The highest BCUT2D eigenvalue weighted by molar-refractivity contribution is 5.75. The van der Waals surface area contributed by atoms with Gasteiger partial charge in [-0.25, -0.2) is 4.79 Å². The van der Waals surface area contributed by atoms with E-state index in [4.69, 9.17) is 5.11 Å². The van der Waals surface area contributed by atoms with Gasteiger partial charge in [-0.2, -0.15) is 0 Å². The number of hydrogen-bond acceptors (Lipinski definition) is 2. The van der Waals surface area contributed by atoms with Gasteiger partial charge in [0.05, 0.1) is 0 Å². The molecule has 1 spiro atoms. The number of nitrogens with zero attached hydrogens (tertiary/aromatic N) is 1. The van der Waals surface area contributed by atoms with Crippen LogP contribution in [0.4, 0.5) is 4.79 Å². The van der Waals surface area contributed by atoms with Crippen LogP contribution in [0.2, 0.25) is 0 Å². The zero-order chi connectivity index (χ0) is 12.3. The summed E-state index contributed by atoms with van der Waals surface area (Å²) in [6.07, 6.45) is 5.73. The van der Waals surface area contributed by atoms with Gasteiger partial charge in [-0.3, -0.25) is 4.79 Å². The van der Waals surface area contributed by atoms with Crippen LogP contribution in [-0.4, -0.2) is 41.6 Å². The van der Waals surface area contributed by atoms with E-state index in [1.165, 1.54) is 25.7 Å². The van der Waals surface area contributed by atoms with E-state index >= 15 is 0 Å². The first kappa shape index (κ1) is 12.2. The van der Waals surface area contributed by atoms with Crippen LogP contribution in [0, 0.1) is 5.41 Å². The Hall–Kier alpha value is -1.26. The van der Waals surface area contributed by atoms with Gasteiger partial charge in [0, 0.05) is 31.5 Å². The third-order valence-corrected chi connectivity index (χ3v) is 3.85. The molecule has 2 aliphatic rings. The van der Waals surface area contributed by atoms with Gasteiger partial charge >= 0.3 is 12.0 Å². The first-order valence-electron chi connectivity index (χ1n) is 6.36. The van der Waals surface area contributed by atoms with Crippen molar-refractivity contribution in [2.24, 2.45) is 5.41 Å². The van der Waals surface area contributed by atoms with Crippen LogP contribution < -0.4 is 5.32 Å². The maximum absolute atomic E-state index is 11.7. The Bertz CT molecular complexity index is 303. The lowest BCUT2D eigenvalue weighted by Crippen LogP contribution is -2.59. The molecule has 0 unspecified atom stereocenters. The second kappa shape index (κ2) is 4.94. The normalized spacial score (nSPS) is 21.3. The number of aliphatic carboxylic acids is 1. The van der Waals surface area contributed by atoms with Crippen molar-refractivity contribution in [3.8, 4) is 0 Å². The quantitative estimate of drug-likeness (QED) is 0.730. The lowest BCUT2D eigenvalue weighted by atomic mass is 9.78. The molecule has 0 aromatic carbocycles. The van der Waals surface area contributed by atoms with Crippen LogP contribution in [0.1, 0.15) is 38.5 Å². The number of hydrogen-bond donors (Lipinski definition) is 2. The second-order valence-corrected chi connectivity index (χ2v) is 5.29. The predicted octanol–water partition coefficient (Wildman–Crippen LogP) is 1.44. The zero-order valence-electron chi connectivity index (χ0n) is 10.1. The molecular formula is C12H20N2O3. The van der Waals surface area contributed by atoms with E-state index in [9.17, 15) is 9.59 Å². The molecule has 5 nitrogen and oxygen atoms in total. The van der Waals surface area contributed by atoms with Crippen molar-refractivity contribution in [2.75, 3.05) is 19.6 Å². The van der Waals surface area contributed by atoms with Gasteiger partial charge in [0.1, 0.15) is 0 Å². The molecule has 2 fully saturated rings. The predicted molar refractivity (Wildman–Crippen MR) is 62.7 cm³/mol. The van der Waals surface area contributed by atoms with Gasteiger partial charge in [0.15, 0.2) is 0 Å². The number of nitrogens with one attached hydrogen (secondary N) is 1. The molecule has 2 rings (SSSR count). The van der Waals surface area contributed by atoms with Gasteiger partial charge < -0.3 is 15.3 Å². The first-order chi connectivity index (χ1) is 8.11. The molecule has 1 aliphatic heterocycles. The van der Waals surface area contributed by atoms with E-state index in [1.807, 2.05) is 4.90 Å². The van der Waals surface area contributed by atoms with E-state index in [1.54, 1.807) is 0 Å². The maximum Gasteiger partial charge on any atom is 0.317 e. The molecular weight excluding hydrogens is 220 g/mol. The summed E-state index contributed by atoms with van der Waals surface area (Å²) in [7, 11) is 0. The van der Waals surface area contributed by atoms with Crippen molar-refractivity contribution in [3.63, 3.8) is 0 Å². The fourth-order valence-electron chi connectivity index (χ4n) is 2.90. The molecule has 1 heterocycles. The molecule has 0 bridgehead atoms. The fourth-order valence-corrected chi connectivity index (χ4v) is 2.90. The topological polar surface area (TPSA) is 69.6 Å². The number of carboxylic acid groups (broad SMARTS) is 1. The van der Waals surface area contributed by atoms with E-state index in [2.05, 4.69) is 5.32 Å². The van der Waals surface area contributed by atoms with Crippen molar-refractivity contribution in [1.29, 1.82) is 0 Å². The zero-order valence-corrected chi connectivity index (χ0v) is 10.1. The summed E-state index contributed by atoms with van der Waals surface area (Å²) in [5.41, 5.74) is 0.429. The minimum Gasteiger partial charge on any atom is -0.481 e. The third-order valence-electron chi connectivity index (χ3n) is 3.85. The Labute approximate surface area is 101 Å². The molecule has 0 atom stereocenters. The highest BCUT2D eigenvalue weighted by atomic mass is 16.4. The van der Waals surface area contributed by atoms with Gasteiger partial charge in [0.2, 0.25) is 0 Å². The minimum absolute atomic E-state index is 0.0343. The smallest absolute Gasteiger partial charge is 0.317 e. The van der Waals surface area contributed by atoms with Gasteiger partial charge in [-0.05, 0) is 19.3 Å². The maximum atomic E-state index is 11.7. The Kier molecular flexibility index (Phi) is 3.54. The molecule has 5 heteroatoms. The monoisotopic (exact) mass is 240 g/mol. The Morgan fingerprint density at radius 3 is 2.47 bits per heavy atom. The van der Waals surface area contributed by atoms with Crippen molar-refractivity contribution >= 4 is 12.0 Å². The van der Waals surface area contributed by atoms with E-state index in [0.29, 0.717) is 18.4 Å². The van der Waals surface area contributed by atoms with Crippen molar-refractivity contribution in [3.05, 3.63) is 0 Å². The standard InChI is InChI=1S/C12H20N2O3/c15-10(16)4-3-7-13-11(17)14-8-12(9-14)5-1-2-6-12/h1-9H2,(H,13,17)(H,15,16). The van der Waals surface area contributed by atoms with Crippen molar-refractivity contribution < 1.29 is 14.7 Å². The van der Waals surface area contributed by atoms with Gasteiger partial charge in [0.25, 0.3) is 0 Å². The number of urea groups is 1. The molecule has 17 heavy (non-hydrogen) atoms. The summed E-state index contributed by atoms with van der Waals surface area (Å²) in [6.45, 7) is 2.23. The van der Waals surface area contributed by atoms with Gasteiger partial charge in [-0.15, -0.1) is 0 Å². The van der Waals surface area contributed by atoms with Crippen molar-refractivity contribution in [2.45, 2.75) is 38.5 Å². The lowest BCUT2D eigenvalue weighted by molar-refractivity contribution is -0.137. The summed E-state index contributed by atoms with van der Waals surface area (Å²) < 4.78 is 0. The Morgan fingerprint density at radius 2 is 1.88 bits per heavy atom. The van der Waals surface area contributed by atoms with Crippen LogP contribution in [0.5, 0.6) is 0 Å². The summed E-state index contributed by atoms with van der Waals surface area (Å²) in [4.78, 5) is 23.8. The van der Waals surface area contributed by atoms with Crippen LogP contribution in [-0.2, 0) is 4.79 Å². The minimum atomic E-state index is -0.812. The Morgan fingerprint density at radius 1 is 1.24 bits per heavy atom. The third kappa shape index (κ3) is 2.90. The molecule has 96 valence electrons. The van der Waals surface area contributed by atoms with Crippen LogP contribution in [0.25, 0.3) is 0 Å². The molecule has 1 saturated carbocycles. The largest absolute Gasteiger partial charge is 0.481 e. The first-order valence-corrected chi connectivity index (χ1v) is 6.36. The van der Waals surface area contributed by atoms with Gasteiger partial charge in [-0.1, -0.05) is 12.8 Å². The highest BCUT2D eigenvalue weighted by Crippen LogP contribution is 2.45. The van der Waals surface area contributed by atoms with Crippen molar-refractivity contribution in [1.82, 2.24) is 10.2 Å². The summed E-state index contributed by atoms with van der Waals surface area (Å²) in [5, 5.41) is 11.2. The number of amides is 2. The molecule has 1 saturated heterocycles. The highest BCUT2D eigenvalue weighted by Gasteiger charge is 2.46. The number of carbonyl (C=O) groups is 2. The molecule has 1 aliphatic carbocycles. The number of rotatable bonds is 4. The summed E-state index contributed by atoms with van der Waals surface area (Å²) in [6, 6.07) is -0.0343. The van der Waals surface area contributed by atoms with Crippen LogP contribution in [0.3, 0.4) is 0 Å². The number of likely N-dealkylation sites (tertiary alicyclic amines) is 1. The molecule has 2 N–H and O–H groups in total. The van der Waals surface area contributed by atoms with Crippen LogP contribution >= 0.6 is 0 Å². The van der Waals surface area contributed by atoms with E-state index in [0.717, 1.165) is 13.1 Å². The summed E-state index contributed by atoms with van der Waals surface area (Å²) in [5.74, 6) is -0.812. The molecule has 0 aromatic heterocycles. The SMILES string of the molecule is O=C(O)CCCNC(=O)N1CC2(CCCC2)C1. The number of carboxylic acids is 1. The van der Waals surface area contributed by atoms with E-state index in [-0.39, 0.29) is 12.5 Å². The lowest BCUT2D eigenvalue weighted by Gasteiger charge is -2.48. The molecule has 0 aromatic rings. The van der Waals surface area contributed by atoms with Crippen LogP contribution in [0.15, 0.2) is 0 Å². The number of carbonyl (C=O) groups excluding carboxylic acids is 1. The fraction of sp³-hybridized carbons (Fsp3) is 0.833. The molecule has 0 radical (unpaired) electrons. The average Bonchev–Trinajstić information content (AvgIpc) is 2.70. The Balaban J connectivity index is 1.60. The van der Waals surface area contributed by atoms with E-state index < -0.39 is 5.97 Å². The summed E-state index contributed by atoms with van der Waals surface area (Å²) >= 11 is 0. The average molecular weight is 240 g/mol.